The predicted octanol–water partition coefficient (Wildman–Crippen LogP) is 1.30. The zero-order valence-electron chi connectivity index (χ0n) is 9.78. The molecule has 2 N–H and O–H groups in total. The van der Waals surface area contributed by atoms with E-state index in [1.165, 1.54) is 0 Å². The van der Waals surface area contributed by atoms with Crippen molar-refractivity contribution in [3.05, 3.63) is 42.5 Å². The molecule has 1 aromatic carbocycles. The largest absolute Gasteiger partial charge is 0.385 e. The average molecular weight is 232 g/mol. The molecule has 0 saturated heterocycles. The number of hydrogen-bond donors (Lipinski definition) is 1. The van der Waals surface area contributed by atoms with Gasteiger partial charge in [0.15, 0.2) is 5.82 Å². The molecule has 0 fully saturated rings. The molecule has 0 spiro atoms. The van der Waals surface area contributed by atoms with E-state index in [1.807, 2.05) is 34.9 Å². The molecule has 0 saturated carbocycles. The summed E-state index contributed by atoms with van der Waals surface area (Å²) in [5.41, 5.74) is 7.07. The van der Waals surface area contributed by atoms with Crippen molar-refractivity contribution in [2.75, 3.05) is 13.7 Å². The molecule has 1 heterocycles. The Bertz CT molecular complexity index is 455. The lowest BCUT2D eigenvalue weighted by molar-refractivity contribution is 0.187. The maximum absolute atomic E-state index is 6.06. The van der Waals surface area contributed by atoms with Crippen molar-refractivity contribution in [2.45, 2.75) is 12.5 Å². The van der Waals surface area contributed by atoms with Crippen molar-refractivity contribution < 1.29 is 4.74 Å². The normalized spacial score (nSPS) is 12.6. The smallest absolute Gasteiger partial charge is 0.154 e. The fourth-order valence-corrected chi connectivity index (χ4v) is 1.66. The molecule has 0 radical (unpaired) electrons. The molecule has 0 amide bonds. The fourth-order valence-electron chi connectivity index (χ4n) is 1.66. The van der Waals surface area contributed by atoms with Gasteiger partial charge >= 0.3 is 0 Å². The number of rotatable bonds is 5. The minimum atomic E-state index is -0.169. The van der Waals surface area contributed by atoms with Crippen LogP contribution < -0.4 is 5.73 Å². The quantitative estimate of drug-likeness (QED) is 0.844. The molecular weight excluding hydrogens is 216 g/mol. The number of nitrogens with zero attached hydrogens (tertiary/aromatic N) is 3. The van der Waals surface area contributed by atoms with Gasteiger partial charge in [0.2, 0.25) is 0 Å². The SMILES string of the molecule is COCCC(N)c1nncn1-c1ccccc1. The number of aromatic nitrogens is 3. The summed E-state index contributed by atoms with van der Waals surface area (Å²) in [4.78, 5) is 0. The molecule has 0 bridgehead atoms. The second-order valence-electron chi connectivity index (χ2n) is 3.78. The molecule has 1 unspecified atom stereocenters. The molecular formula is C12H16N4O. The van der Waals surface area contributed by atoms with Gasteiger partial charge in [-0.3, -0.25) is 4.57 Å². The topological polar surface area (TPSA) is 66.0 Å². The fraction of sp³-hybridized carbons (Fsp3) is 0.333. The third-order valence-electron chi connectivity index (χ3n) is 2.57. The summed E-state index contributed by atoms with van der Waals surface area (Å²) in [6, 6.07) is 9.74. The zero-order valence-corrected chi connectivity index (χ0v) is 9.78. The molecule has 0 aliphatic heterocycles. The summed E-state index contributed by atoms with van der Waals surface area (Å²) in [7, 11) is 1.66. The Hall–Kier alpha value is -1.72. The van der Waals surface area contributed by atoms with Gasteiger partial charge in [-0.15, -0.1) is 10.2 Å². The summed E-state index contributed by atoms with van der Waals surface area (Å²) >= 11 is 0. The van der Waals surface area contributed by atoms with Gasteiger partial charge in [0.05, 0.1) is 6.04 Å². The molecule has 0 aliphatic carbocycles. The average Bonchev–Trinajstić information content (AvgIpc) is 2.86. The van der Waals surface area contributed by atoms with E-state index in [1.54, 1.807) is 13.4 Å². The Balaban J connectivity index is 2.23. The molecule has 2 rings (SSSR count). The highest BCUT2D eigenvalue weighted by molar-refractivity contribution is 5.32. The third kappa shape index (κ3) is 2.69. The first kappa shape index (κ1) is 11.8. The molecule has 17 heavy (non-hydrogen) atoms. The number of ether oxygens (including phenoxy) is 1. The number of nitrogens with two attached hydrogens (primary N) is 1. The third-order valence-corrected chi connectivity index (χ3v) is 2.57. The zero-order chi connectivity index (χ0) is 12.1. The van der Waals surface area contributed by atoms with E-state index < -0.39 is 0 Å². The molecule has 5 nitrogen and oxygen atoms in total. The first-order valence-corrected chi connectivity index (χ1v) is 5.53. The Kier molecular flexibility index (Phi) is 3.85. The van der Waals surface area contributed by atoms with Crippen molar-refractivity contribution in [3.8, 4) is 5.69 Å². The summed E-state index contributed by atoms with van der Waals surface area (Å²) in [6.07, 6.45) is 2.40. The second-order valence-corrected chi connectivity index (χ2v) is 3.78. The summed E-state index contributed by atoms with van der Waals surface area (Å²) < 4.78 is 6.92. The van der Waals surface area contributed by atoms with E-state index in [4.69, 9.17) is 10.5 Å². The van der Waals surface area contributed by atoms with Crippen molar-refractivity contribution >= 4 is 0 Å². The van der Waals surface area contributed by atoms with Crippen molar-refractivity contribution in [1.29, 1.82) is 0 Å². The maximum atomic E-state index is 6.06. The van der Waals surface area contributed by atoms with Gasteiger partial charge in [-0.05, 0) is 18.6 Å². The molecule has 1 atom stereocenters. The summed E-state index contributed by atoms with van der Waals surface area (Å²) in [6.45, 7) is 0.614. The highest BCUT2D eigenvalue weighted by Gasteiger charge is 2.14. The monoisotopic (exact) mass is 232 g/mol. The van der Waals surface area contributed by atoms with Crippen LogP contribution in [0.25, 0.3) is 5.69 Å². The molecule has 5 heteroatoms. The van der Waals surface area contributed by atoms with Gasteiger partial charge < -0.3 is 10.5 Å². The van der Waals surface area contributed by atoms with Gasteiger partial charge in [0.1, 0.15) is 6.33 Å². The Morgan fingerprint density at radius 2 is 2.12 bits per heavy atom. The van der Waals surface area contributed by atoms with Crippen LogP contribution >= 0.6 is 0 Å². The minimum Gasteiger partial charge on any atom is -0.385 e. The Morgan fingerprint density at radius 1 is 1.35 bits per heavy atom. The predicted molar refractivity (Wildman–Crippen MR) is 64.8 cm³/mol. The molecule has 0 aliphatic rings. The van der Waals surface area contributed by atoms with E-state index >= 15 is 0 Å². The van der Waals surface area contributed by atoms with Crippen molar-refractivity contribution in [3.63, 3.8) is 0 Å². The van der Waals surface area contributed by atoms with E-state index in [2.05, 4.69) is 10.2 Å². The summed E-state index contributed by atoms with van der Waals surface area (Å²) in [5.74, 6) is 0.758. The molecule has 90 valence electrons. The van der Waals surface area contributed by atoms with Crippen molar-refractivity contribution in [2.24, 2.45) is 5.73 Å². The van der Waals surface area contributed by atoms with Crippen LogP contribution in [0.5, 0.6) is 0 Å². The Morgan fingerprint density at radius 3 is 2.82 bits per heavy atom. The maximum Gasteiger partial charge on any atom is 0.154 e. The van der Waals surface area contributed by atoms with E-state index in [-0.39, 0.29) is 6.04 Å². The van der Waals surface area contributed by atoms with Crippen LogP contribution in [-0.2, 0) is 4.74 Å². The molecule has 2 aromatic rings. The highest BCUT2D eigenvalue weighted by Crippen LogP contribution is 2.15. The lowest BCUT2D eigenvalue weighted by atomic mass is 10.2. The van der Waals surface area contributed by atoms with Crippen LogP contribution in [0.15, 0.2) is 36.7 Å². The van der Waals surface area contributed by atoms with E-state index in [9.17, 15) is 0 Å². The van der Waals surface area contributed by atoms with Crippen LogP contribution in [0.1, 0.15) is 18.3 Å². The van der Waals surface area contributed by atoms with Crippen LogP contribution in [0, 0.1) is 0 Å². The second kappa shape index (κ2) is 5.56. The number of hydrogen-bond acceptors (Lipinski definition) is 4. The lowest BCUT2D eigenvalue weighted by Crippen LogP contribution is -2.17. The van der Waals surface area contributed by atoms with Crippen LogP contribution in [0.2, 0.25) is 0 Å². The van der Waals surface area contributed by atoms with E-state index in [0.29, 0.717) is 6.61 Å². The van der Waals surface area contributed by atoms with Gasteiger partial charge in [0, 0.05) is 19.4 Å². The van der Waals surface area contributed by atoms with Gasteiger partial charge in [-0.2, -0.15) is 0 Å². The van der Waals surface area contributed by atoms with Crippen LogP contribution in [0.4, 0.5) is 0 Å². The number of para-hydroxylation sites is 1. The van der Waals surface area contributed by atoms with Gasteiger partial charge in [-0.25, -0.2) is 0 Å². The summed E-state index contributed by atoms with van der Waals surface area (Å²) in [5, 5.41) is 8.00. The number of benzene rings is 1. The van der Waals surface area contributed by atoms with Crippen LogP contribution in [-0.4, -0.2) is 28.5 Å². The lowest BCUT2D eigenvalue weighted by Gasteiger charge is -2.12. The van der Waals surface area contributed by atoms with Gasteiger partial charge in [0.25, 0.3) is 0 Å². The van der Waals surface area contributed by atoms with Crippen LogP contribution in [0.3, 0.4) is 0 Å². The number of methoxy groups -OCH3 is 1. The minimum absolute atomic E-state index is 0.169. The first-order chi connectivity index (χ1) is 8.33. The van der Waals surface area contributed by atoms with Crippen molar-refractivity contribution in [1.82, 2.24) is 14.8 Å². The standard InChI is InChI=1S/C12H16N4O/c1-17-8-7-11(13)12-15-14-9-16(12)10-5-3-2-4-6-10/h2-6,9,11H,7-8,13H2,1H3. The highest BCUT2D eigenvalue weighted by atomic mass is 16.5. The Labute approximate surface area is 100 Å². The molecule has 1 aromatic heterocycles. The first-order valence-electron chi connectivity index (χ1n) is 5.53. The van der Waals surface area contributed by atoms with E-state index in [0.717, 1.165) is 17.9 Å². The van der Waals surface area contributed by atoms with Gasteiger partial charge in [-0.1, -0.05) is 18.2 Å².